The van der Waals surface area contributed by atoms with Crippen LogP contribution in [0.25, 0.3) is 11.3 Å². The molecule has 0 radical (unpaired) electrons. The van der Waals surface area contributed by atoms with Gasteiger partial charge in [-0.15, -0.1) is 0 Å². The number of oxazole rings is 1. The van der Waals surface area contributed by atoms with Crippen LogP contribution in [-0.2, 0) is 6.54 Å². The maximum absolute atomic E-state index is 10.9. The number of nitro groups is 1. The summed E-state index contributed by atoms with van der Waals surface area (Å²) in [5, 5.41) is 11.1. The molecule has 1 heterocycles. The minimum atomic E-state index is -0.522. The maximum atomic E-state index is 10.9. The Bertz CT molecular complexity index is 568. The van der Waals surface area contributed by atoms with Crippen molar-refractivity contribution >= 4 is 17.3 Å². The molecule has 6 nitrogen and oxygen atoms in total. The number of hydrogen-bond donors (Lipinski definition) is 1. The van der Waals surface area contributed by atoms with Crippen molar-refractivity contribution in [2.24, 2.45) is 5.73 Å². The van der Waals surface area contributed by atoms with Crippen molar-refractivity contribution in [1.29, 1.82) is 0 Å². The van der Waals surface area contributed by atoms with E-state index in [4.69, 9.17) is 21.8 Å². The Labute approximate surface area is 101 Å². The smallest absolute Gasteiger partial charge is 0.281 e. The van der Waals surface area contributed by atoms with E-state index in [0.29, 0.717) is 5.89 Å². The number of hydrogen-bond acceptors (Lipinski definition) is 5. The van der Waals surface area contributed by atoms with Crippen LogP contribution < -0.4 is 5.73 Å². The first-order chi connectivity index (χ1) is 8.13. The molecule has 1 aromatic heterocycles. The Morgan fingerprint density at radius 2 is 2.29 bits per heavy atom. The van der Waals surface area contributed by atoms with Crippen LogP contribution in [0.2, 0.25) is 5.02 Å². The summed E-state index contributed by atoms with van der Waals surface area (Å²) in [7, 11) is 0. The highest BCUT2D eigenvalue weighted by atomic mass is 35.5. The summed E-state index contributed by atoms with van der Waals surface area (Å²) >= 11 is 5.94. The number of nitrogens with two attached hydrogens (primary N) is 1. The molecular formula is C10H8ClN3O3. The van der Waals surface area contributed by atoms with Gasteiger partial charge in [-0.3, -0.25) is 10.1 Å². The number of nitro benzene ring substituents is 1. The molecule has 0 spiro atoms. The molecule has 2 N–H and O–H groups in total. The van der Waals surface area contributed by atoms with E-state index in [9.17, 15) is 10.1 Å². The zero-order chi connectivity index (χ0) is 12.4. The Balaban J connectivity index is 2.61. The average molecular weight is 254 g/mol. The summed E-state index contributed by atoms with van der Waals surface area (Å²) in [6.45, 7) is 0.123. The van der Waals surface area contributed by atoms with Crippen molar-refractivity contribution in [2.45, 2.75) is 6.54 Å². The van der Waals surface area contributed by atoms with Gasteiger partial charge in [0.1, 0.15) is 5.56 Å². The van der Waals surface area contributed by atoms with Crippen LogP contribution in [0.15, 0.2) is 28.8 Å². The molecule has 2 aromatic rings. The standard InChI is InChI=1S/C10H8ClN3O3/c11-6-2-1-3-7(14(15)16)10(6)8-5-13-9(4-12)17-8/h1-3,5H,4,12H2. The SMILES string of the molecule is NCc1ncc(-c2c(Cl)cccc2[N+](=O)[O-])o1. The first-order valence-electron chi connectivity index (χ1n) is 4.71. The van der Waals surface area contributed by atoms with Crippen molar-refractivity contribution in [3.05, 3.63) is 45.4 Å². The second kappa shape index (κ2) is 4.52. The Kier molecular flexibility index (Phi) is 3.08. The molecule has 88 valence electrons. The number of halogens is 1. The second-order valence-electron chi connectivity index (χ2n) is 3.21. The third-order valence-electron chi connectivity index (χ3n) is 2.16. The second-order valence-corrected chi connectivity index (χ2v) is 3.62. The third kappa shape index (κ3) is 2.13. The van der Waals surface area contributed by atoms with E-state index in [-0.39, 0.29) is 28.6 Å². The van der Waals surface area contributed by atoms with Gasteiger partial charge in [-0.25, -0.2) is 4.98 Å². The van der Waals surface area contributed by atoms with Gasteiger partial charge in [0.2, 0.25) is 5.89 Å². The largest absolute Gasteiger partial charge is 0.439 e. The lowest BCUT2D eigenvalue weighted by Gasteiger charge is -2.01. The van der Waals surface area contributed by atoms with Crippen LogP contribution in [0, 0.1) is 10.1 Å². The fraction of sp³-hybridized carbons (Fsp3) is 0.100. The number of aromatic nitrogens is 1. The molecule has 0 saturated carbocycles. The van der Waals surface area contributed by atoms with Gasteiger partial charge in [-0.2, -0.15) is 0 Å². The van der Waals surface area contributed by atoms with Crippen molar-refractivity contribution < 1.29 is 9.34 Å². The van der Waals surface area contributed by atoms with Gasteiger partial charge in [0.25, 0.3) is 5.69 Å². The van der Waals surface area contributed by atoms with E-state index in [1.807, 2.05) is 0 Å². The van der Waals surface area contributed by atoms with Crippen molar-refractivity contribution in [2.75, 3.05) is 0 Å². The Morgan fingerprint density at radius 3 is 2.88 bits per heavy atom. The zero-order valence-corrected chi connectivity index (χ0v) is 9.35. The summed E-state index contributed by atoms with van der Waals surface area (Å²) in [6, 6.07) is 4.41. The fourth-order valence-corrected chi connectivity index (χ4v) is 1.69. The third-order valence-corrected chi connectivity index (χ3v) is 2.48. The van der Waals surface area contributed by atoms with Crippen molar-refractivity contribution in [3.8, 4) is 11.3 Å². The topological polar surface area (TPSA) is 95.2 Å². The predicted octanol–water partition coefficient (Wildman–Crippen LogP) is 2.36. The summed E-state index contributed by atoms with van der Waals surface area (Å²) in [5.74, 6) is 0.539. The highest BCUT2D eigenvalue weighted by Gasteiger charge is 2.21. The van der Waals surface area contributed by atoms with E-state index < -0.39 is 4.92 Å². The first-order valence-corrected chi connectivity index (χ1v) is 5.09. The quantitative estimate of drug-likeness (QED) is 0.669. The minimum absolute atomic E-state index is 0.123. The normalized spacial score (nSPS) is 10.5. The molecule has 0 aliphatic carbocycles. The van der Waals surface area contributed by atoms with Gasteiger partial charge >= 0.3 is 0 Å². The van der Waals surface area contributed by atoms with Crippen molar-refractivity contribution in [3.63, 3.8) is 0 Å². The lowest BCUT2D eigenvalue weighted by atomic mass is 10.1. The first kappa shape index (κ1) is 11.6. The lowest BCUT2D eigenvalue weighted by molar-refractivity contribution is -0.384. The fourth-order valence-electron chi connectivity index (χ4n) is 1.43. The molecule has 0 saturated heterocycles. The summed E-state index contributed by atoms with van der Waals surface area (Å²) in [5.41, 5.74) is 5.44. The van der Waals surface area contributed by atoms with Crippen molar-refractivity contribution in [1.82, 2.24) is 4.98 Å². The molecule has 0 fully saturated rings. The molecule has 0 aliphatic heterocycles. The van der Waals surface area contributed by atoms with Crippen LogP contribution >= 0.6 is 11.6 Å². The van der Waals surface area contributed by atoms with Gasteiger partial charge in [0, 0.05) is 6.07 Å². The van der Waals surface area contributed by atoms with E-state index in [0.717, 1.165) is 0 Å². The van der Waals surface area contributed by atoms with Gasteiger partial charge in [-0.05, 0) is 6.07 Å². The molecular weight excluding hydrogens is 246 g/mol. The van der Waals surface area contributed by atoms with Gasteiger partial charge in [0.15, 0.2) is 5.76 Å². The molecule has 0 amide bonds. The van der Waals surface area contributed by atoms with Gasteiger partial charge < -0.3 is 10.2 Å². The summed E-state index contributed by atoms with van der Waals surface area (Å²) < 4.78 is 5.27. The van der Waals surface area contributed by atoms with Gasteiger partial charge in [-0.1, -0.05) is 17.7 Å². The molecule has 7 heteroatoms. The lowest BCUT2D eigenvalue weighted by Crippen LogP contribution is -1.95. The Morgan fingerprint density at radius 1 is 1.53 bits per heavy atom. The maximum Gasteiger partial charge on any atom is 0.281 e. The molecule has 1 aromatic carbocycles. The molecule has 0 atom stereocenters. The molecule has 0 aliphatic rings. The predicted molar refractivity (Wildman–Crippen MR) is 61.5 cm³/mol. The van der Waals surface area contributed by atoms with Crippen LogP contribution in [0.3, 0.4) is 0 Å². The van der Waals surface area contributed by atoms with Crippen LogP contribution in [-0.4, -0.2) is 9.91 Å². The monoisotopic (exact) mass is 253 g/mol. The number of benzene rings is 1. The Hall–Kier alpha value is -1.92. The van der Waals surface area contributed by atoms with Crippen LogP contribution in [0.1, 0.15) is 5.89 Å². The average Bonchev–Trinajstić information content (AvgIpc) is 2.76. The number of rotatable bonds is 3. The molecule has 0 unspecified atom stereocenters. The van der Waals surface area contributed by atoms with E-state index >= 15 is 0 Å². The highest BCUT2D eigenvalue weighted by molar-refractivity contribution is 6.33. The molecule has 0 bridgehead atoms. The van der Waals surface area contributed by atoms with E-state index in [1.165, 1.54) is 18.3 Å². The highest BCUT2D eigenvalue weighted by Crippen LogP contribution is 2.36. The molecule has 2 rings (SSSR count). The summed E-state index contributed by atoms with van der Waals surface area (Å²) in [6.07, 6.45) is 1.37. The van der Waals surface area contributed by atoms with Crippen LogP contribution in [0.5, 0.6) is 0 Å². The van der Waals surface area contributed by atoms with E-state index in [1.54, 1.807) is 6.07 Å². The van der Waals surface area contributed by atoms with E-state index in [2.05, 4.69) is 4.98 Å². The van der Waals surface area contributed by atoms with Crippen LogP contribution in [0.4, 0.5) is 5.69 Å². The number of nitrogens with zero attached hydrogens (tertiary/aromatic N) is 2. The van der Waals surface area contributed by atoms with Gasteiger partial charge in [0.05, 0.1) is 22.7 Å². The minimum Gasteiger partial charge on any atom is -0.439 e. The summed E-state index contributed by atoms with van der Waals surface area (Å²) in [4.78, 5) is 14.2. The molecule has 17 heavy (non-hydrogen) atoms. The zero-order valence-electron chi connectivity index (χ0n) is 8.59.